The normalized spacial score (nSPS) is 11.0. The minimum absolute atomic E-state index is 0.0789. The van der Waals surface area contributed by atoms with E-state index in [-0.39, 0.29) is 23.2 Å². The smallest absolute Gasteiger partial charge is 0.277 e. The van der Waals surface area contributed by atoms with Crippen molar-refractivity contribution in [2.45, 2.75) is 6.54 Å². The van der Waals surface area contributed by atoms with E-state index in [1.807, 2.05) is 0 Å². The lowest BCUT2D eigenvalue weighted by Gasteiger charge is -2.06. The van der Waals surface area contributed by atoms with Gasteiger partial charge < -0.3 is 9.84 Å². The summed E-state index contributed by atoms with van der Waals surface area (Å²) in [5.41, 5.74) is -0.138. The number of aromatic nitrogens is 3. The SMILES string of the molecule is O=C(Nc1cnn(Cc2c(F)cc(F)c(F)c2F)c1)c1cc(-c2ccc(F)cc2)on1. The average molecular weight is 434 g/mol. The summed E-state index contributed by atoms with van der Waals surface area (Å²) in [6.45, 7) is -0.538. The van der Waals surface area contributed by atoms with Gasteiger partial charge in [-0.05, 0) is 24.3 Å². The molecule has 0 fully saturated rings. The average Bonchev–Trinajstić information content (AvgIpc) is 3.40. The largest absolute Gasteiger partial charge is 0.355 e. The van der Waals surface area contributed by atoms with E-state index in [0.717, 1.165) is 4.68 Å². The molecule has 0 aliphatic heterocycles. The second kappa shape index (κ2) is 8.01. The van der Waals surface area contributed by atoms with E-state index < -0.39 is 47.1 Å². The van der Waals surface area contributed by atoms with Crippen LogP contribution in [0.25, 0.3) is 11.3 Å². The van der Waals surface area contributed by atoms with Crippen molar-refractivity contribution < 1.29 is 31.3 Å². The molecular weight excluding hydrogens is 423 g/mol. The molecule has 0 bridgehead atoms. The highest BCUT2D eigenvalue weighted by Gasteiger charge is 2.20. The molecule has 2 heterocycles. The van der Waals surface area contributed by atoms with E-state index >= 15 is 0 Å². The van der Waals surface area contributed by atoms with Gasteiger partial charge in [0.25, 0.3) is 5.91 Å². The lowest BCUT2D eigenvalue weighted by molar-refractivity contribution is 0.101. The van der Waals surface area contributed by atoms with Crippen LogP contribution in [0.3, 0.4) is 0 Å². The molecule has 2 aromatic heterocycles. The van der Waals surface area contributed by atoms with Gasteiger partial charge in [-0.25, -0.2) is 22.0 Å². The predicted octanol–water partition coefficient (Wildman–Crippen LogP) is 4.53. The highest BCUT2D eigenvalue weighted by molar-refractivity contribution is 6.03. The number of amides is 1. The van der Waals surface area contributed by atoms with Crippen LogP contribution in [0.2, 0.25) is 0 Å². The first kappa shape index (κ1) is 20.3. The van der Waals surface area contributed by atoms with Gasteiger partial charge in [-0.2, -0.15) is 5.10 Å². The predicted molar refractivity (Wildman–Crippen MR) is 97.5 cm³/mol. The Balaban J connectivity index is 1.47. The fraction of sp³-hybridized carbons (Fsp3) is 0.0500. The minimum atomic E-state index is -1.79. The van der Waals surface area contributed by atoms with E-state index in [4.69, 9.17) is 4.52 Å². The highest BCUT2D eigenvalue weighted by Crippen LogP contribution is 2.22. The number of carbonyl (C=O) groups excluding carboxylic acids is 1. The van der Waals surface area contributed by atoms with E-state index in [2.05, 4.69) is 15.6 Å². The Hall–Kier alpha value is -4.02. The van der Waals surface area contributed by atoms with Crippen LogP contribution in [-0.4, -0.2) is 20.8 Å². The number of carbonyl (C=O) groups is 1. The van der Waals surface area contributed by atoms with E-state index in [9.17, 15) is 26.7 Å². The quantitative estimate of drug-likeness (QED) is 0.285. The molecule has 0 atom stereocenters. The van der Waals surface area contributed by atoms with Crippen LogP contribution in [0.5, 0.6) is 0 Å². The van der Waals surface area contributed by atoms with Gasteiger partial charge in [-0.1, -0.05) is 5.16 Å². The number of benzene rings is 2. The Kier molecular flexibility index (Phi) is 5.24. The van der Waals surface area contributed by atoms with Crippen molar-refractivity contribution in [2.75, 3.05) is 5.32 Å². The summed E-state index contributed by atoms with van der Waals surface area (Å²) in [5, 5.41) is 9.93. The Bertz CT molecular complexity index is 1270. The molecule has 1 amide bonds. The molecule has 11 heteroatoms. The maximum absolute atomic E-state index is 13.8. The van der Waals surface area contributed by atoms with Gasteiger partial charge >= 0.3 is 0 Å². The number of anilines is 1. The van der Waals surface area contributed by atoms with Gasteiger partial charge in [0, 0.05) is 29.5 Å². The summed E-state index contributed by atoms with van der Waals surface area (Å²) >= 11 is 0. The zero-order valence-corrected chi connectivity index (χ0v) is 15.4. The van der Waals surface area contributed by atoms with Gasteiger partial charge in [0.2, 0.25) is 0 Å². The molecule has 4 rings (SSSR count). The lowest BCUT2D eigenvalue weighted by Crippen LogP contribution is -2.12. The van der Waals surface area contributed by atoms with E-state index in [0.29, 0.717) is 5.56 Å². The second-order valence-corrected chi connectivity index (χ2v) is 6.41. The van der Waals surface area contributed by atoms with Crippen LogP contribution in [-0.2, 0) is 6.54 Å². The minimum Gasteiger partial charge on any atom is -0.355 e. The van der Waals surface area contributed by atoms with Crippen molar-refractivity contribution in [1.29, 1.82) is 0 Å². The monoisotopic (exact) mass is 434 g/mol. The highest BCUT2D eigenvalue weighted by atomic mass is 19.2. The molecule has 0 aliphatic carbocycles. The van der Waals surface area contributed by atoms with Crippen molar-refractivity contribution in [3.05, 3.63) is 89.1 Å². The zero-order valence-electron chi connectivity index (χ0n) is 15.4. The van der Waals surface area contributed by atoms with Crippen molar-refractivity contribution >= 4 is 11.6 Å². The Morgan fingerprint density at radius 2 is 1.74 bits per heavy atom. The lowest BCUT2D eigenvalue weighted by atomic mass is 10.1. The third-order valence-electron chi connectivity index (χ3n) is 4.29. The van der Waals surface area contributed by atoms with Crippen LogP contribution < -0.4 is 5.32 Å². The topological polar surface area (TPSA) is 73.0 Å². The molecule has 6 nitrogen and oxygen atoms in total. The van der Waals surface area contributed by atoms with Crippen molar-refractivity contribution in [3.63, 3.8) is 0 Å². The fourth-order valence-electron chi connectivity index (χ4n) is 2.75. The number of hydrogen-bond donors (Lipinski definition) is 1. The van der Waals surface area contributed by atoms with E-state index in [1.54, 1.807) is 0 Å². The van der Waals surface area contributed by atoms with Gasteiger partial charge in [-0.15, -0.1) is 0 Å². The summed E-state index contributed by atoms with van der Waals surface area (Å²) in [6.07, 6.45) is 2.42. The van der Waals surface area contributed by atoms with Crippen molar-refractivity contribution in [1.82, 2.24) is 14.9 Å². The number of nitrogens with one attached hydrogen (secondary N) is 1. The molecule has 0 radical (unpaired) electrons. The Morgan fingerprint density at radius 3 is 2.48 bits per heavy atom. The Morgan fingerprint density at radius 1 is 1.00 bits per heavy atom. The van der Waals surface area contributed by atoms with Crippen LogP contribution in [0, 0.1) is 29.1 Å². The maximum Gasteiger partial charge on any atom is 0.277 e. The van der Waals surface area contributed by atoms with Crippen LogP contribution in [0.1, 0.15) is 16.1 Å². The van der Waals surface area contributed by atoms with Crippen LogP contribution in [0.4, 0.5) is 27.6 Å². The first-order chi connectivity index (χ1) is 14.8. The van der Waals surface area contributed by atoms with Gasteiger partial charge in [0.1, 0.15) is 11.6 Å². The van der Waals surface area contributed by atoms with Crippen molar-refractivity contribution in [3.8, 4) is 11.3 Å². The third kappa shape index (κ3) is 4.15. The molecule has 0 saturated heterocycles. The Labute approximate surface area is 170 Å². The molecule has 4 aromatic rings. The summed E-state index contributed by atoms with van der Waals surface area (Å²) in [7, 11) is 0. The number of hydrogen-bond acceptors (Lipinski definition) is 4. The molecule has 31 heavy (non-hydrogen) atoms. The molecule has 0 unspecified atom stereocenters. The van der Waals surface area contributed by atoms with Gasteiger partial charge in [0.15, 0.2) is 28.9 Å². The molecule has 2 aromatic carbocycles. The summed E-state index contributed by atoms with van der Waals surface area (Å²) in [5.74, 6) is -7.21. The zero-order chi connectivity index (χ0) is 22.1. The molecule has 0 aliphatic rings. The molecular formula is C20H11F5N4O2. The first-order valence-corrected chi connectivity index (χ1v) is 8.70. The van der Waals surface area contributed by atoms with Crippen LogP contribution >= 0.6 is 0 Å². The molecule has 0 spiro atoms. The number of nitrogens with zero attached hydrogens (tertiary/aromatic N) is 3. The summed E-state index contributed by atoms with van der Waals surface area (Å²) in [4.78, 5) is 12.3. The van der Waals surface area contributed by atoms with Crippen molar-refractivity contribution in [2.24, 2.45) is 0 Å². The van der Waals surface area contributed by atoms with Gasteiger partial charge in [-0.3, -0.25) is 9.48 Å². The summed E-state index contributed by atoms with van der Waals surface area (Å²) in [6, 6.07) is 6.95. The number of halogens is 5. The standard InChI is InChI=1S/C20H11F5N4O2/c21-11-3-1-10(2-4-11)17-6-16(28-31-17)20(30)27-12-7-26-29(8-12)9-13-14(22)5-15(23)19(25)18(13)24/h1-8H,9H2,(H,27,30). The maximum atomic E-state index is 13.8. The number of rotatable bonds is 5. The molecule has 0 saturated carbocycles. The third-order valence-corrected chi connectivity index (χ3v) is 4.29. The summed E-state index contributed by atoms with van der Waals surface area (Å²) < 4.78 is 73.1. The first-order valence-electron chi connectivity index (χ1n) is 8.70. The van der Waals surface area contributed by atoms with Gasteiger partial charge in [0.05, 0.1) is 18.4 Å². The van der Waals surface area contributed by atoms with Crippen LogP contribution in [0.15, 0.2) is 53.3 Å². The second-order valence-electron chi connectivity index (χ2n) is 6.41. The van der Waals surface area contributed by atoms with E-state index in [1.165, 1.54) is 42.7 Å². The molecule has 158 valence electrons. The molecule has 1 N–H and O–H groups in total. The fourth-order valence-corrected chi connectivity index (χ4v) is 2.75.